The van der Waals surface area contributed by atoms with Gasteiger partial charge in [0.05, 0.1) is 0 Å². The van der Waals surface area contributed by atoms with E-state index in [1.807, 2.05) is 0 Å². The lowest BCUT2D eigenvalue weighted by atomic mass is 10.0. The third kappa shape index (κ3) is 2.06. The van der Waals surface area contributed by atoms with E-state index in [0.717, 1.165) is 10.1 Å². The quantitative estimate of drug-likeness (QED) is 0.839. The molecule has 0 saturated carbocycles. The van der Waals surface area contributed by atoms with Gasteiger partial charge in [0.1, 0.15) is 0 Å². The summed E-state index contributed by atoms with van der Waals surface area (Å²) in [7, 11) is 0. The number of hydrogen-bond donors (Lipinski definition) is 2. The number of aromatic nitrogens is 3. The molecule has 1 heterocycles. The summed E-state index contributed by atoms with van der Waals surface area (Å²) >= 11 is 0. The highest BCUT2D eigenvalue weighted by Gasteiger charge is 2.83. The molecule has 0 aliphatic heterocycles. The molecule has 0 unspecified atom stereocenters. The van der Waals surface area contributed by atoms with Crippen LogP contribution in [0.3, 0.4) is 0 Å². The van der Waals surface area contributed by atoms with E-state index in [-0.39, 0.29) is 0 Å². The Labute approximate surface area is 96.2 Å². The van der Waals surface area contributed by atoms with Crippen LogP contribution in [0, 0.1) is 0 Å². The monoisotopic (exact) mass is 303 g/mol. The van der Waals surface area contributed by atoms with Crippen molar-refractivity contribution in [2.75, 3.05) is 0 Å². The molecule has 1 aromatic rings. The zero-order chi connectivity index (χ0) is 15.3. The fraction of sp³-hybridized carbons (Fsp3) is 0.667. The van der Waals surface area contributed by atoms with Gasteiger partial charge in [0.25, 0.3) is 0 Å². The second kappa shape index (κ2) is 3.90. The Morgan fingerprint density at radius 3 is 1.63 bits per heavy atom. The molecule has 110 valence electrons. The molecule has 0 aromatic carbocycles. The van der Waals surface area contributed by atoms with Crippen LogP contribution < -0.4 is 5.69 Å². The Morgan fingerprint density at radius 2 is 1.32 bits per heavy atom. The molecule has 0 fully saturated rings. The molecule has 0 bridgehead atoms. The summed E-state index contributed by atoms with van der Waals surface area (Å²) in [4.78, 5) is 11.2. The van der Waals surface area contributed by atoms with E-state index < -0.39 is 35.5 Å². The van der Waals surface area contributed by atoms with E-state index in [2.05, 4.69) is 5.10 Å². The SMILES string of the molecule is O=c1[nH]nc(C(F)(F)C(F)(F)C(F)(F)C(F)(F)F)[nH]1. The lowest BCUT2D eigenvalue weighted by Crippen LogP contribution is -2.59. The van der Waals surface area contributed by atoms with Crippen LogP contribution in [0.25, 0.3) is 0 Å². The van der Waals surface area contributed by atoms with Crippen LogP contribution in [-0.2, 0) is 5.92 Å². The molecule has 0 amide bonds. The normalized spacial score (nSPS) is 14.8. The van der Waals surface area contributed by atoms with Gasteiger partial charge in [-0.25, -0.2) is 9.89 Å². The maximum absolute atomic E-state index is 13.0. The Morgan fingerprint density at radius 1 is 0.842 bits per heavy atom. The first-order chi connectivity index (χ1) is 8.25. The fourth-order valence-corrected chi connectivity index (χ4v) is 0.943. The van der Waals surface area contributed by atoms with Crippen molar-refractivity contribution in [2.45, 2.75) is 23.9 Å². The minimum Gasteiger partial charge on any atom is -0.288 e. The van der Waals surface area contributed by atoms with Crippen LogP contribution in [0.15, 0.2) is 4.79 Å². The summed E-state index contributed by atoms with van der Waals surface area (Å²) in [5.41, 5.74) is -1.58. The van der Waals surface area contributed by atoms with E-state index in [0.29, 0.717) is 0 Å². The predicted octanol–water partition coefficient (Wildman–Crippen LogP) is 2.02. The molecule has 19 heavy (non-hydrogen) atoms. The molecule has 2 N–H and O–H groups in total. The molecule has 13 heteroatoms. The molecular formula is C6H2F9N3O. The van der Waals surface area contributed by atoms with Crippen LogP contribution in [0.1, 0.15) is 5.82 Å². The number of halogens is 9. The molecule has 0 saturated heterocycles. The lowest BCUT2D eigenvalue weighted by Gasteiger charge is -2.32. The Hall–Kier alpha value is -1.69. The van der Waals surface area contributed by atoms with Gasteiger partial charge in [-0.1, -0.05) is 0 Å². The number of nitrogens with one attached hydrogen (secondary N) is 2. The molecule has 1 rings (SSSR count). The predicted molar refractivity (Wildman–Crippen MR) is 39.1 cm³/mol. The lowest BCUT2D eigenvalue weighted by molar-refractivity contribution is -0.400. The van der Waals surface area contributed by atoms with Gasteiger partial charge in [-0.05, 0) is 0 Å². The van der Waals surface area contributed by atoms with Crippen molar-refractivity contribution in [3.05, 3.63) is 16.3 Å². The first kappa shape index (κ1) is 15.4. The average molecular weight is 303 g/mol. The molecule has 0 aliphatic carbocycles. The van der Waals surface area contributed by atoms with Gasteiger partial charge in [0, 0.05) is 0 Å². The molecule has 1 aromatic heterocycles. The largest absolute Gasteiger partial charge is 0.460 e. The van der Waals surface area contributed by atoms with Crippen molar-refractivity contribution >= 4 is 0 Å². The van der Waals surface area contributed by atoms with Crippen molar-refractivity contribution < 1.29 is 39.5 Å². The summed E-state index contributed by atoms with van der Waals surface area (Å²) in [6.45, 7) is 0. The fourth-order valence-electron chi connectivity index (χ4n) is 0.943. The van der Waals surface area contributed by atoms with Gasteiger partial charge in [0.2, 0.25) is 5.82 Å². The summed E-state index contributed by atoms with van der Waals surface area (Å²) in [6.07, 6.45) is -6.92. The van der Waals surface area contributed by atoms with Gasteiger partial charge in [-0.15, -0.1) is 0 Å². The van der Waals surface area contributed by atoms with Crippen LogP contribution in [0.4, 0.5) is 39.5 Å². The van der Waals surface area contributed by atoms with E-state index in [4.69, 9.17) is 0 Å². The topological polar surface area (TPSA) is 61.5 Å². The maximum Gasteiger partial charge on any atom is 0.460 e. The number of hydrogen-bond acceptors (Lipinski definition) is 2. The van der Waals surface area contributed by atoms with E-state index in [1.54, 1.807) is 0 Å². The highest BCUT2D eigenvalue weighted by Crippen LogP contribution is 2.55. The number of nitrogens with zero attached hydrogens (tertiary/aromatic N) is 1. The van der Waals surface area contributed by atoms with E-state index in [9.17, 15) is 44.3 Å². The minimum absolute atomic E-state index is 0.893. The van der Waals surface area contributed by atoms with Gasteiger partial charge in [-0.3, -0.25) is 4.98 Å². The standard InChI is InChI=1S/C6H2F9N3O/c7-3(8,1-16-2(19)18-17-1)4(9,10)5(11,12)6(13,14)15/h(H2,16,17,18,19). The molecule has 0 aliphatic rings. The molecular weight excluding hydrogens is 301 g/mol. The second-order valence-electron chi connectivity index (χ2n) is 3.25. The number of aromatic amines is 2. The summed E-state index contributed by atoms with van der Waals surface area (Å²) in [5, 5.41) is 3.36. The first-order valence-electron chi connectivity index (χ1n) is 4.10. The van der Waals surface area contributed by atoms with Crippen LogP contribution in [0.5, 0.6) is 0 Å². The van der Waals surface area contributed by atoms with E-state index in [1.165, 1.54) is 0 Å². The van der Waals surface area contributed by atoms with Crippen molar-refractivity contribution in [3.8, 4) is 0 Å². The molecule has 4 nitrogen and oxygen atoms in total. The molecule has 0 radical (unpaired) electrons. The number of rotatable bonds is 3. The van der Waals surface area contributed by atoms with Crippen LogP contribution in [0.2, 0.25) is 0 Å². The number of H-pyrrole nitrogens is 2. The van der Waals surface area contributed by atoms with Gasteiger partial charge >= 0.3 is 29.6 Å². The smallest absolute Gasteiger partial charge is 0.288 e. The van der Waals surface area contributed by atoms with Crippen molar-refractivity contribution in [1.82, 2.24) is 15.2 Å². The maximum atomic E-state index is 13.0. The summed E-state index contributed by atoms with van der Waals surface area (Å²) < 4.78 is 112. The van der Waals surface area contributed by atoms with Crippen LogP contribution in [-0.4, -0.2) is 33.2 Å². The Bertz CT molecular complexity index is 513. The summed E-state index contributed by atoms with van der Waals surface area (Å²) in [6, 6.07) is 0. The zero-order valence-electron chi connectivity index (χ0n) is 8.26. The minimum atomic E-state index is -7.03. The van der Waals surface area contributed by atoms with Crippen molar-refractivity contribution in [1.29, 1.82) is 0 Å². The van der Waals surface area contributed by atoms with Crippen molar-refractivity contribution in [2.24, 2.45) is 0 Å². The molecule has 0 atom stereocenters. The van der Waals surface area contributed by atoms with Crippen molar-refractivity contribution in [3.63, 3.8) is 0 Å². The van der Waals surface area contributed by atoms with E-state index >= 15 is 0 Å². The third-order valence-electron chi connectivity index (χ3n) is 1.94. The number of alkyl halides is 9. The highest BCUT2D eigenvalue weighted by molar-refractivity contribution is 5.08. The summed E-state index contributed by atoms with van der Waals surface area (Å²) in [5.74, 6) is -22.3. The Balaban J connectivity index is 3.37. The van der Waals surface area contributed by atoms with Crippen LogP contribution >= 0.6 is 0 Å². The first-order valence-corrected chi connectivity index (χ1v) is 4.10. The zero-order valence-corrected chi connectivity index (χ0v) is 8.26. The second-order valence-corrected chi connectivity index (χ2v) is 3.25. The van der Waals surface area contributed by atoms with Gasteiger partial charge in [0.15, 0.2) is 0 Å². The highest BCUT2D eigenvalue weighted by atomic mass is 19.4. The van der Waals surface area contributed by atoms with Gasteiger partial charge < -0.3 is 0 Å². The van der Waals surface area contributed by atoms with Gasteiger partial charge in [-0.2, -0.15) is 44.6 Å². The average Bonchev–Trinajstić information content (AvgIpc) is 2.63. The molecule has 0 spiro atoms. The third-order valence-corrected chi connectivity index (χ3v) is 1.94. The Kier molecular flexibility index (Phi) is 3.15.